The quantitative estimate of drug-likeness (QED) is 0.664. The zero-order chi connectivity index (χ0) is 16.4. The molecule has 4 heteroatoms. The lowest BCUT2D eigenvalue weighted by Crippen LogP contribution is -2.13. The van der Waals surface area contributed by atoms with Crippen molar-refractivity contribution in [2.75, 3.05) is 5.73 Å². The Hall–Kier alpha value is -2.00. The second-order valence-electron chi connectivity index (χ2n) is 5.62. The molecule has 0 aliphatic heterocycles. The van der Waals surface area contributed by atoms with Gasteiger partial charge in [-0.1, -0.05) is 11.6 Å². The van der Waals surface area contributed by atoms with Crippen LogP contribution in [0.25, 0.3) is 0 Å². The molecule has 0 aliphatic rings. The van der Waals surface area contributed by atoms with Gasteiger partial charge >= 0.3 is 0 Å². The maximum absolute atomic E-state index is 12.9. The van der Waals surface area contributed by atoms with Crippen molar-refractivity contribution in [1.29, 1.82) is 0 Å². The van der Waals surface area contributed by atoms with Gasteiger partial charge in [0.25, 0.3) is 0 Å². The zero-order valence-corrected chi connectivity index (χ0v) is 14.0. The molecule has 0 aliphatic carbocycles. The highest BCUT2D eigenvalue weighted by Crippen LogP contribution is 2.34. The molecule has 0 bridgehead atoms. The fourth-order valence-electron chi connectivity index (χ4n) is 2.33. The van der Waals surface area contributed by atoms with Crippen molar-refractivity contribution in [1.82, 2.24) is 0 Å². The van der Waals surface area contributed by atoms with Gasteiger partial charge in [-0.2, -0.15) is 0 Å². The fraction of sp³-hybridized carbons (Fsp3) is 0.278. The van der Waals surface area contributed by atoms with Crippen LogP contribution in [0, 0.1) is 13.8 Å². The molecular weight excluding hydrogens is 298 g/mol. The molecule has 0 radical (unpaired) electrons. The number of ether oxygens (including phenoxy) is 1. The van der Waals surface area contributed by atoms with Crippen LogP contribution in [0.5, 0.6) is 5.75 Å². The molecule has 0 fully saturated rings. The van der Waals surface area contributed by atoms with Gasteiger partial charge in [0.2, 0.25) is 0 Å². The van der Waals surface area contributed by atoms with Crippen molar-refractivity contribution in [3.05, 3.63) is 57.6 Å². The SMILES string of the molecule is Cc1cc(OC(C)C)c(C(=O)c2ccc(N)cc2)c(C)c1Cl. The molecule has 3 nitrogen and oxygen atoms in total. The van der Waals surface area contributed by atoms with Crippen molar-refractivity contribution in [3.8, 4) is 5.75 Å². The van der Waals surface area contributed by atoms with E-state index in [4.69, 9.17) is 22.1 Å². The fourth-order valence-corrected chi connectivity index (χ4v) is 2.48. The van der Waals surface area contributed by atoms with Crippen LogP contribution in [-0.4, -0.2) is 11.9 Å². The van der Waals surface area contributed by atoms with Crippen LogP contribution in [0.4, 0.5) is 5.69 Å². The van der Waals surface area contributed by atoms with Gasteiger partial charge in [-0.25, -0.2) is 0 Å². The number of carbonyl (C=O) groups is 1. The van der Waals surface area contributed by atoms with E-state index in [-0.39, 0.29) is 11.9 Å². The molecule has 0 saturated carbocycles. The average Bonchev–Trinajstić information content (AvgIpc) is 2.45. The van der Waals surface area contributed by atoms with Crippen LogP contribution in [0.3, 0.4) is 0 Å². The van der Waals surface area contributed by atoms with Crippen molar-refractivity contribution < 1.29 is 9.53 Å². The molecule has 116 valence electrons. The molecule has 2 aromatic rings. The van der Waals surface area contributed by atoms with Gasteiger partial charge in [0.05, 0.1) is 11.7 Å². The standard InChI is InChI=1S/C18H20ClNO2/c1-10(2)22-15-9-11(3)17(19)12(4)16(15)18(21)13-5-7-14(20)8-6-13/h5-10H,20H2,1-4H3. The second-order valence-corrected chi connectivity index (χ2v) is 6.00. The number of anilines is 1. The maximum atomic E-state index is 12.9. The molecule has 2 N–H and O–H groups in total. The van der Waals surface area contributed by atoms with E-state index >= 15 is 0 Å². The highest BCUT2D eigenvalue weighted by molar-refractivity contribution is 6.33. The minimum absolute atomic E-state index is 0.0297. The molecule has 0 amide bonds. The summed E-state index contributed by atoms with van der Waals surface area (Å²) in [5, 5.41) is 0.593. The summed E-state index contributed by atoms with van der Waals surface area (Å²) in [7, 11) is 0. The molecule has 0 spiro atoms. The van der Waals surface area contributed by atoms with E-state index in [1.807, 2.05) is 33.8 Å². The van der Waals surface area contributed by atoms with Crippen LogP contribution in [0.15, 0.2) is 30.3 Å². The average molecular weight is 318 g/mol. The predicted octanol–water partition coefficient (Wildman–Crippen LogP) is 4.56. The summed E-state index contributed by atoms with van der Waals surface area (Å²) in [5.41, 5.74) is 8.99. The van der Waals surface area contributed by atoms with Gasteiger partial charge in [-0.3, -0.25) is 4.79 Å². The molecule has 0 saturated heterocycles. The summed E-state index contributed by atoms with van der Waals surface area (Å²) in [6.07, 6.45) is -0.0297. The van der Waals surface area contributed by atoms with E-state index in [0.29, 0.717) is 27.6 Å². The van der Waals surface area contributed by atoms with E-state index in [2.05, 4.69) is 0 Å². The van der Waals surface area contributed by atoms with E-state index in [9.17, 15) is 4.79 Å². The van der Waals surface area contributed by atoms with E-state index in [1.165, 1.54) is 0 Å². The highest BCUT2D eigenvalue weighted by Gasteiger charge is 2.21. The molecule has 0 atom stereocenters. The molecule has 2 rings (SSSR count). The Kier molecular flexibility index (Phi) is 4.77. The van der Waals surface area contributed by atoms with Crippen molar-refractivity contribution in [2.45, 2.75) is 33.8 Å². The predicted molar refractivity (Wildman–Crippen MR) is 91.0 cm³/mol. The van der Waals surface area contributed by atoms with E-state index in [0.717, 1.165) is 11.1 Å². The first kappa shape index (κ1) is 16.4. The third-order valence-electron chi connectivity index (χ3n) is 3.41. The first-order valence-corrected chi connectivity index (χ1v) is 7.55. The molecule has 0 aromatic heterocycles. The minimum atomic E-state index is -0.116. The number of ketones is 1. The Morgan fingerprint density at radius 2 is 1.77 bits per heavy atom. The molecule has 0 heterocycles. The summed E-state index contributed by atoms with van der Waals surface area (Å²) < 4.78 is 5.82. The molecule has 2 aromatic carbocycles. The summed E-state index contributed by atoms with van der Waals surface area (Å²) in [6.45, 7) is 7.60. The van der Waals surface area contributed by atoms with Crippen molar-refractivity contribution in [3.63, 3.8) is 0 Å². The Balaban J connectivity index is 2.59. The molecule has 22 heavy (non-hydrogen) atoms. The minimum Gasteiger partial charge on any atom is -0.490 e. The lowest BCUT2D eigenvalue weighted by atomic mass is 9.96. The van der Waals surface area contributed by atoms with Crippen LogP contribution >= 0.6 is 11.6 Å². The zero-order valence-electron chi connectivity index (χ0n) is 13.2. The van der Waals surface area contributed by atoms with Crippen LogP contribution in [0.1, 0.15) is 40.9 Å². The largest absolute Gasteiger partial charge is 0.490 e. The number of rotatable bonds is 4. The normalized spacial score (nSPS) is 10.8. The number of hydrogen-bond acceptors (Lipinski definition) is 3. The highest BCUT2D eigenvalue weighted by atomic mass is 35.5. The third kappa shape index (κ3) is 3.25. The van der Waals surface area contributed by atoms with Gasteiger partial charge in [0, 0.05) is 16.3 Å². The van der Waals surface area contributed by atoms with E-state index in [1.54, 1.807) is 24.3 Å². The molecular formula is C18H20ClNO2. The van der Waals surface area contributed by atoms with Crippen molar-refractivity contribution in [2.24, 2.45) is 0 Å². The van der Waals surface area contributed by atoms with Gasteiger partial charge in [0.1, 0.15) is 5.75 Å². The summed E-state index contributed by atoms with van der Waals surface area (Å²) in [4.78, 5) is 12.9. The topological polar surface area (TPSA) is 52.3 Å². The Bertz CT molecular complexity index is 706. The number of hydrogen-bond donors (Lipinski definition) is 1. The Morgan fingerprint density at radius 1 is 1.18 bits per heavy atom. The number of nitrogen functional groups attached to an aromatic ring is 1. The van der Waals surface area contributed by atoms with E-state index < -0.39 is 0 Å². The lowest BCUT2D eigenvalue weighted by molar-refractivity contribution is 0.103. The van der Waals surface area contributed by atoms with Gasteiger partial charge in [-0.05, 0) is 69.2 Å². The van der Waals surface area contributed by atoms with Gasteiger partial charge in [-0.15, -0.1) is 0 Å². The van der Waals surface area contributed by atoms with Crippen LogP contribution in [-0.2, 0) is 0 Å². The first-order valence-electron chi connectivity index (χ1n) is 7.18. The number of aryl methyl sites for hydroxylation is 1. The van der Waals surface area contributed by atoms with Crippen LogP contribution < -0.4 is 10.5 Å². The summed E-state index contributed by atoms with van der Waals surface area (Å²) in [6, 6.07) is 8.66. The van der Waals surface area contributed by atoms with Crippen molar-refractivity contribution >= 4 is 23.1 Å². The summed E-state index contributed by atoms with van der Waals surface area (Å²) >= 11 is 6.32. The summed E-state index contributed by atoms with van der Waals surface area (Å²) in [5.74, 6) is 0.450. The third-order valence-corrected chi connectivity index (χ3v) is 3.99. The van der Waals surface area contributed by atoms with Gasteiger partial charge < -0.3 is 10.5 Å². The second kappa shape index (κ2) is 6.41. The monoisotopic (exact) mass is 317 g/mol. The van der Waals surface area contributed by atoms with Gasteiger partial charge in [0.15, 0.2) is 5.78 Å². The number of carbonyl (C=O) groups excluding carboxylic acids is 1. The first-order chi connectivity index (χ1) is 10.3. The maximum Gasteiger partial charge on any atom is 0.197 e. The smallest absolute Gasteiger partial charge is 0.197 e. The molecule has 0 unspecified atom stereocenters. The lowest BCUT2D eigenvalue weighted by Gasteiger charge is -2.18. The number of benzene rings is 2. The number of nitrogens with two attached hydrogens (primary N) is 1. The van der Waals surface area contributed by atoms with Crippen LogP contribution in [0.2, 0.25) is 5.02 Å². The number of halogens is 1. The Labute approximate surface area is 136 Å². The Morgan fingerprint density at radius 3 is 2.32 bits per heavy atom.